The Labute approximate surface area is 171 Å². The van der Waals surface area contributed by atoms with Crippen LogP contribution in [0.5, 0.6) is 11.5 Å². The predicted molar refractivity (Wildman–Crippen MR) is 109 cm³/mol. The number of benzene rings is 1. The smallest absolute Gasteiger partial charge is 0.338 e. The van der Waals surface area contributed by atoms with Gasteiger partial charge in [0.2, 0.25) is 0 Å². The Kier molecular flexibility index (Phi) is 5.87. The van der Waals surface area contributed by atoms with Crippen molar-refractivity contribution >= 4 is 17.6 Å². The first-order valence-corrected chi connectivity index (χ1v) is 10.1. The van der Waals surface area contributed by atoms with E-state index in [1.165, 1.54) is 13.5 Å². The third-order valence-corrected chi connectivity index (χ3v) is 6.86. The number of hydrogen-bond donors (Lipinski definition) is 1. The second kappa shape index (κ2) is 8.05. The second-order valence-corrected chi connectivity index (χ2v) is 8.46. The lowest BCUT2D eigenvalue weighted by atomic mass is 9.70. The topological polar surface area (TPSA) is 86.2 Å². The van der Waals surface area contributed by atoms with Gasteiger partial charge in [-0.25, -0.2) is 10.2 Å². The molecule has 0 radical (unpaired) electrons. The van der Waals surface area contributed by atoms with Crippen LogP contribution >= 0.6 is 0 Å². The number of methoxy groups -OCH3 is 1. The molecule has 2 bridgehead atoms. The van der Waals surface area contributed by atoms with Crippen LogP contribution in [0.15, 0.2) is 23.3 Å². The largest absolute Gasteiger partial charge is 0.493 e. The zero-order valence-corrected chi connectivity index (χ0v) is 17.8. The van der Waals surface area contributed by atoms with Gasteiger partial charge in [0.05, 0.1) is 19.3 Å². The Morgan fingerprint density at radius 2 is 2.00 bits per heavy atom. The quantitative estimate of drug-likeness (QED) is 0.557. The molecule has 158 valence electrons. The average Bonchev–Trinajstić information content (AvgIpc) is 3.04. The minimum absolute atomic E-state index is 0.0143. The fourth-order valence-electron chi connectivity index (χ4n) is 4.55. The maximum Gasteiger partial charge on any atom is 0.338 e. The number of hydrazone groups is 1. The Bertz CT molecular complexity index is 832. The number of fused-ring (bicyclic) bond motifs is 2. The van der Waals surface area contributed by atoms with Gasteiger partial charge in [0.1, 0.15) is 0 Å². The Hall–Kier alpha value is -2.57. The summed E-state index contributed by atoms with van der Waals surface area (Å²) in [5.74, 6) is 0.528. The monoisotopic (exact) mass is 402 g/mol. The van der Waals surface area contributed by atoms with Crippen LogP contribution in [0.25, 0.3) is 0 Å². The van der Waals surface area contributed by atoms with Crippen molar-refractivity contribution in [2.75, 3.05) is 20.3 Å². The van der Waals surface area contributed by atoms with E-state index in [1.54, 1.807) is 18.2 Å². The van der Waals surface area contributed by atoms with Crippen molar-refractivity contribution in [3.05, 3.63) is 23.8 Å². The number of carbonyl (C=O) groups excluding carboxylic acids is 2. The average molecular weight is 402 g/mol. The highest BCUT2D eigenvalue weighted by atomic mass is 16.5. The highest BCUT2D eigenvalue weighted by Crippen LogP contribution is 2.63. The van der Waals surface area contributed by atoms with Crippen molar-refractivity contribution in [2.45, 2.75) is 47.0 Å². The summed E-state index contributed by atoms with van der Waals surface area (Å²) in [4.78, 5) is 24.4. The molecule has 0 spiro atoms. The van der Waals surface area contributed by atoms with Crippen LogP contribution in [0.3, 0.4) is 0 Å². The van der Waals surface area contributed by atoms with E-state index in [4.69, 9.17) is 14.2 Å². The van der Waals surface area contributed by atoms with Gasteiger partial charge >= 0.3 is 5.97 Å². The normalized spacial score (nSPS) is 25.7. The number of amides is 1. The minimum Gasteiger partial charge on any atom is -0.493 e. The van der Waals surface area contributed by atoms with Gasteiger partial charge in [-0.1, -0.05) is 20.8 Å². The summed E-state index contributed by atoms with van der Waals surface area (Å²) < 4.78 is 15.8. The molecule has 29 heavy (non-hydrogen) atoms. The lowest BCUT2D eigenvalue weighted by molar-refractivity contribution is -0.124. The van der Waals surface area contributed by atoms with Gasteiger partial charge < -0.3 is 14.2 Å². The van der Waals surface area contributed by atoms with Crippen molar-refractivity contribution < 1.29 is 23.8 Å². The van der Waals surface area contributed by atoms with Gasteiger partial charge in [0.25, 0.3) is 5.91 Å². The molecular weight excluding hydrogens is 372 g/mol. The number of nitrogens with zero attached hydrogens (tertiary/aromatic N) is 1. The van der Waals surface area contributed by atoms with Gasteiger partial charge in [-0.2, -0.15) is 5.10 Å². The van der Waals surface area contributed by atoms with Crippen LogP contribution in [-0.4, -0.2) is 37.9 Å². The summed E-state index contributed by atoms with van der Waals surface area (Å²) in [5.41, 5.74) is 4.09. The molecule has 2 aliphatic carbocycles. The molecule has 0 aliphatic heterocycles. The molecule has 2 atom stereocenters. The Balaban J connectivity index is 1.56. The minimum atomic E-state index is -0.607. The van der Waals surface area contributed by atoms with E-state index in [2.05, 4.69) is 31.3 Å². The Morgan fingerprint density at radius 1 is 1.24 bits per heavy atom. The summed E-state index contributed by atoms with van der Waals surface area (Å²) >= 11 is 0. The SMILES string of the molecule is CCOc1cc(C(=O)OCC(=O)N/N=C2\CC3CCC2(C)C3(C)C)ccc1OC. The molecule has 0 aromatic heterocycles. The van der Waals surface area contributed by atoms with Gasteiger partial charge in [-0.05, 0) is 55.7 Å². The molecule has 7 nitrogen and oxygen atoms in total. The van der Waals surface area contributed by atoms with Crippen LogP contribution in [0.1, 0.15) is 57.3 Å². The maximum absolute atomic E-state index is 12.3. The zero-order chi connectivity index (χ0) is 21.2. The number of rotatable bonds is 7. The first kappa shape index (κ1) is 21.1. The highest BCUT2D eigenvalue weighted by molar-refractivity contribution is 5.95. The lowest BCUT2D eigenvalue weighted by Gasteiger charge is -2.34. The van der Waals surface area contributed by atoms with Gasteiger partial charge in [0.15, 0.2) is 18.1 Å². The maximum atomic E-state index is 12.3. The zero-order valence-electron chi connectivity index (χ0n) is 17.8. The van der Waals surface area contributed by atoms with Crippen molar-refractivity contribution in [3.8, 4) is 11.5 Å². The van der Waals surface area contributed by atoms with Crippen molar-refractivity contribution in [2.24, 2.45) is 21.8 Å². The fraction of sp³-hybridized carbons (Fsp3) is 0.591. The molecule has 7 heteroatoms. The molecule has 1 amide bonds. The molecule has 1 aromatic carbocycles. The summed E-state index contributed by atoms with van der Waals surface area (Å²) in [7, 11) is 1.53. The number of esters is 1. The lowest BCUT2D eigenvalue weighted by Crippen LogP contribution is -2.34. The van der Waals surface area contributed by atoms with E-state index in [0.29, 0.717) is 24.0 Å². The molecule has 2 saturated carbocycles. The third-order valence-electron chi connectivity index (χ3n) is 6.86. The highest BCUT2D eigenvalue weighted by Gasteiger charge is 2.60. The predicted octanol–water partition coefficient (Wildman–Crippen LogP) is 3.57. The van der Waals surface area contributed by atoms with Crippen LogP contribution in [-0.2, 0) is 9.53 Å². The molecule has 2 aliphatic rings. The number of ether oxygens (including phenoxy) is 3. The van der Waals surface area contributed by atoms with Crippen molar-refractivity contribution in [1.82, 2.24) is 5.43 Å². The van der Waals surface area contributed by atoms with E-state index in [1.807, 2.05) is 6.92 Å². The van der Waals surface area contributed by atoms with E-state index in [-0.39, 0.29) is 16.4 Å². The van der Waals surface area contributed by atoms with Gasteiger partial charge in [0, 0.05) is 11.1 Å². The number of hydrogen-bond acceptors (Lipinski definition) is 6. The van der Waals surface area contributed by atoms with Crippen LogP contribution in [0.2, 0.25) is 0 Å². The molecule has 2 fully saturated rings. The first-order valence-electron chi connectivity index (χ1n) is 10.1. The molecule has 2 unspecified atom stereocenters. The van der Waals surface area contributed by atoms with E-state index >= 15 is 0 Å². The van der Waals surface area contributed by atoms with Crippen LogP contribution < -0.4 is 14.9 Å². The second-order valence-electron chi connectivity index (χ2n) is 8.46. The Morgan fingerprint density at radius 3 is 2.59 bits per heavy atom. The molecule has 1 aromatic rings. The van der Waals surface area contributed by atoms with E-state index < -0.39 is 18.5 Å². The first-order chi connectivity index (χ1) is 13.7. The summed E-state index contributed by atoms with van der Waals surface area (Å²) in [6.45, 7) is 8.67. The molecule has 1 N–H and O–H groups in total. The van der Waals surface area contributed by atoms with E-state index in [0.717, 1.165) is 18.6 Å². The van der Waals surface area contributed by atoms with E-state index in [9.17, 15) is 9.59 Å². The molecule has 0 saturated heterocycles. The fourth-order valence-corrected chi connectivity index (χ4v) is 4.55. The summed E-state index contributed by atoms with van der Waals surface area (Å²) in [6.07, 6.45) is 3.21. The van der Waals surface area contributed by atoms with Crippen LogP contribution in [0, 0.1) is 16.7 Å². The van der Waals surface area contributed by atoms with Gasteiger partial charge in [-0.15, -0.1) is 0 Å². The van der Waals surface area contributed by atoms with Crippen molar-refractivity contribution in [1.29, 1.82) is 0 Å². The third kappa shape index (κ3) is 3.82. The molecule has 3 rings (SSSR count). The van der Waals surface area contributed by atoms with Crippen LogP contribution in [0.4, 0.5) is 0 Å². The van der Waals surface area contributed by atoms with Gasteiger partial charge in [-0.3, -0.25) is 4.79 Å². The molecular formula is C22H30N2O5. The summed E-state index contributed by atoms with van der Waals surface area (Å²) in [6, 6.07) is 4.74. The number of carbonyl (C=O) groups is 2. The molecule has 0 heterocycles. The summed E-state index contributed by atoms with van der Waals surface area (Å²) in [5, 5.41) is 4.37. The van der Waals surface area contributed by atoms with Crippen molar-refractivity contribution in [3.63, 3.8) is 0 Å². The standard InChI is InChI=1S/C22H30N2O5/c1-6-28-17-11-14(7-8-16(17)27-5)20(26)29-13-19(25)24-23-18-12-15-9-10-22(18,4)21(15,2)3/h7-8,11,15H,6,9-10,12-13H2,1-5H3,(H,24,25)/b23-18+. The number of nitrogens with one attached hydrogen (secondary N) is 1.